The van der Waals surface area contributed by atoms with Crippen LogP contribution in [0.2, 0.25) is 5.15 Å². The summed E-state index contributed by atoms with van der Waals surface area (Å²) in [5.41, 5.74) is 1.59. The molecule has 1 atom stereocenters. The van der Waals surface area contributed by atoms with Crippen LogP contribution in [-0.4, -0.2) is 34.9 Å². The van der Waals surface area contributed by atoms with Gasteiger partial charge >= 0.3 is 11.9 Å². The summed E-state index contributed by atoms with van der Waals surface area (Å²) >= 11 is 6.25. The molecule has 0 fully saturated rings. The molecule has 0 saturated carbocycles. The van der Waals surface area contributed by atoms with Crippen molar-refractivity contribution in [3.63, 3.8) is 0 Å². The van der Waals surface area contributed by atoms with E-state index in [1.807, 2.05) is 30.3 Å². The van der Waals surface area contributed by atoms with Crippen LogP contribution in [0.3, 0.4) is 0 Å². The summed E-state index contributed by atoms with van der Waals surface area (Å²) in [5, 5.41) is 4.44. The molecule has 7 heteroatoms. The van der Waals surface area contributed by atoms with E-state index in [-0.39, 0.29) is 10.7 Å². The van der Waals surface area contributed by atoms with E-state index in [0.29, 0.717) is 12.2 Å². The molecule has 6 nitrogen and oxygen atoms in total. The largest absolute Gasteiger partial charge is 0.466 e. The van der Waals surface area contributed by atoms with Crippen LogP contribution in [0, 0.1) is 6.92 Å². The van der Waals surface area contributed by atoms with Gasteiger partial charge < -0.3 is 9.47 Å². The van der Waals surface area contributed by atoms with Gasteiger partial charge in [-0.25, -0.2) is 14.3 Å². The molecular formula is C16H17ClN2O4. The van der Waals surface area contributed by atoms with Gasteiger partial charge in [-0.3, -0.25) is 0 Å². The van der Waals surface area contributed by atoms with Gasteiger partial charge in [0.25, 0.3) is 0 Å². The van der Waals surface area contributed by atoms with Gasteiger partial charge in [-0.1, -0.05) is 41.9 Å². The van der Waals surface area contributed by atoms with Gasteiger partial charge in [0.05, 0.1) is 19.3 Å². The fraction of sp³-hybridized carbons (Fsp3) is 0.312. The Kier molecular flexibility index (Phi) is 5.39. The number of hydrogen-bond acceptors (Lipinski definition) is 5. The van der Waals surface area contributed by atoms with Gasteiger partial charge in [-0.05, 0) is 19.4 Å². The van der Waals surface area contributed by atoms with E-state index in [1.165, 1.54) is 18.7 Å². The second kappa shape index (κ2) is 7.28. The molecule has 0 unspecified atom stereocenters. The lowest BCUT2D eigenvalue weighted by molar-refractivity contribution is -0.149. The molecular weight excluding hydrogens is 320 g/mol. The molecule has 0 N–H and O–H groups in total. The molecule has 1 heterocycles. The monoisotopic (exact) mass is 336 g/mol. The highest BCUT2D eigenvalue weighted by Crippen LogP contribution is 2.22. The lowest BCUT2D eigenvalue weighted by Gasteiger charge is -2.10. The Balaban J connectivity index is 2.20. The highest BCUT2D eigenvalue weighted by molar-refractivity contribution is 6.32. The van der Waals surface area contributed by atoms with E-state index in [1.54, 1.807) is 6.92 Å². The number of aryl methyl sites for hydroxylation is 1. The van der Waals surface area contributed by atoms with Crippen molar-refractivity contribution >= 4 is 23.5 Å². The SMILES string of the molecule is COC(=O)[C@@H](C)OC(=O)c1c(C)nn(Cc2ccccc2)c1Cl. The topological polar surface area (TPSA) is 70.4 Å². The number of ether oxygens (including phenoxy) is 2. The van der Waals surface area contributed by atoms with Crippen LogP contribution in [0.15, 0.2) is 30.3 Å². The van der Waals surface area contributed by atoms with Crippen LogP contribution < -0.4 is 0 Å². The molecule has 0 aliphatic heterocycles. The fourth-order valence-corrected chi connectivity index (χ4v) is 2.39. The second-order valence-electron chi connectivity index (χ2n) is 4.97. The standard InChI is InChI=1S/C16H17ClN2O4/c1-10-13(16(21)23-11(2)15(20)22-3)14(17)19(18-10)9-12-7-5-4-6-8-12/h4-8,11H,9H2,1-3H3/t11-/m1/s1. The van der Waals surface area contributed by atoms with E-state index >= 15 is 0 Å². The molecule has 0 radical (unpaired) electrons. The average Bonchev–Trinajstić information content (AvgIpc) is 2.81. The Hall–Kier alpha value is -2.34. The molecule has 2 aromatic rings. The number of halogens is 1. The summed E-state index contributed by atoms with van der Waals surface area (Å²) < 4.78 is 11.1. The van der Waals surface area contributed by atoms with Gasteiger partial charge in [0.2, 0.25) is 0 Å². The number of nitrogens with zero attached hydrogens (tertiary/aromatic N) is 2. The maximum absolute atomic E-state index is 12.2. The van der Waals surface area contributed by atoms with E-state index < -0.39 is 18.0 Å². The van der Waals surface area contributed by atoms with Crippen molar-refractivity contribution in [1.29, 1.82) is 0 Å². The van der Waals surface area contributed by atoms with Crippen LogP contribution in [0.4, 0.5) is 0 Å². The zero-order valence-corrected chi connectivity index (χ0v) is 13.8. The first-order valence-corrected chi connectivity index (χ1v) is 7.37. The molecule has 2 rings (SSSR count). The zero-order chi connectivity index (χ0) is 17.0. The van der Waals surface area contributed by atoms with Gasteiger partial charge in [-0.15, -0.1) is 0 Å². The molecule has 0 aliphatic carbocycles. The first kappa shape index (κ1) is 17.0. The third kappa shape index (κ3) is 3.90. The predicted molar refractivity (Wildman–Crippen MR) is 84.4 cm³/mol. The third-order valence-corrected chi connectivity index (χ3v) is 3.65. The summed E-state index contributed by atoms with van der Waals surface area (Å²) in [6.45, 7) is 3.52. The lowest BCUT2D eigenvalue weighted by Crippen LogP contribution is -2.25. The molecule has 23 heavy (non-hydrogen) atoms. The predicted octanol–water partition coefficient (Wildman–Crippen LogP) is 2.61. The molecule has 1 aromatic heterocycles. The summed E-state index contributed by atoms with van der Waals surface area (Å²) in [5.74, 6) is -1.34. The second-order valence-corrected chi connectivity index (χ2v) is 5.32. The number of rotatable bonds is 5. The maximum Gasteiger partial charge on any atom is 0.346 e. The molecule has 0 bridgehead atoms. The minimum Gasteiger partial charge on any atom is -0.466 e. The van der Waals surface area contributed by atoms with Crippen LogP contribution in [-0.2, 0) is 20.8 Å². The number of aromatic nitrogens is 2. The van der Waals surface area contributed by atoms with Crippen molar-refractivity contribution in [3.8, 4) is 0 Å². The van der Waals surface area contributed by atoms with E-state index in [2.05, 4.69) is 9.84 Å². The van der Waals surface area contributed by atoms with Gasteiger partial charge in [0.15, 0.2) is 6.10 Å². The molecule has 0 aliphatic rings. The van der Waals surface area contributed by atoms with Crippen LogP contribution in [0.5, 0.6) is 0 Å². The Morgan fingerprint density at radius 2 is 1.96 bits per heavy atom. The fourth-order valence-electron chi connectivity index (χ4n) is 2.08. The quantitative estimate of drug-likeness (QED) is 0.785. The van der Waals surface area contributed by atoms with Crippen molar-refractivity contribution in [3.05, 3.63) is 52.3 Å². The van der Waals surface area contributed by atoms with Crippen molar-refractivity contribution < 1.29 is 19.1 Å². The number of hydrogen-bond donors (Lipinski definition) is 0. The highest BCUT2D eigenvalue weighted by Gasteiger charge is 2.26. The highest BCUT2D eigenvalue weighted by atomic mass is 35.5. The molecule has 1 aromatic carbocycles. The van der Waals surface area contributed by atoms with Crippen molar-refractivity contribution in [2.75, 3.05) is 7.11 Å². The molecule has 0 spiro atoms. The van der Waals surface area contributed by atoms with Gasteiger partial charge in [-0.2, -0.15) is 5.10 Å². The molecule has 0 saturated heterocycles. The average molecular weight is 337 g/mol. The van der Waals surface area contributed by atoms with Gasteiger partial charge in [0, 0.05) is 0 Å². The number of benzene rings is 1. The normalized spacial score (nSPS) is 11.8. The summed E-state index contributed by atoms with van der Waals surface area (Å²) in [4.78, 5) is 23.6. The minimum atomic E-state index is -1.01. The Labute approximate surface area is 139 Å². The third-order valence-electron chi connectivity index (χ3n) is 3.26. The van der Waals surface area contributed by atoms with Crippen LogP contribution >= 0.6 is 11.6 Å². The summed E-state index contributed by atoms with van der Waals surface area (Å²) in [7, 11) is 1.22. The number of methoxy groups -OCH3 is 1. The van der Waals surface area contributed by atoms with Crippen LogP contribution in [0.1, 0.15) is 28.5 Å². The van der Waals surface area contributed by atoms with Crippen LogP contribution in [0.25, 0.3) is 0 Å². The summed E-state index contributed by atoms with van der Waals surface area (Å²) in [6, 6.07) is 9.60. The Morgan fingerprint density at radius 3 is 2.57 bits per heavy atom. The van der Waals surface area contributed by atoms with Crippen molar-refractivity contribution in [2.45, 2.75) is 26.5 Å². The van der Waals surface area contributed by atoms with E-state index in [9.17, 15) is 9.59 Å². The van der Waals surface area contributed by atoms with E-state index in [4.69, 9.17) is 16.3 Å². The van der Waals surface area contributed by atoms with Gasteiger partial charge in [0.1, 0.15) is 10.7 Å². The molecule has 122 valence electrons. The number of esters is 2. The number of carbonyl (C=O) groups excluding carboxylic acids is 2. The number of carbonyl (C=O) groups is 2. The first-order valence-electron chi connectivity index (χ1n) is 6.99. The smallest absolute Gasteiger partial charge is 0.346 e. The first-order chi connectivity index (χ1) is 10.9. The lowest BCUT2D eigenvalue weighted by atomic mass is 10.2. The zero-order valence-electron chi connectivity index (χ0n) is 13.1. The van der Waals surface area contributed by atoms with E-state index in [0.717, 1.165) is 5.56 Å². The van der Waals surface area contributed by atoms with Crippen molar-refractivity contribution in [2.24, 2.45) is 0 Å². The Morgan fingerprint density at radius 1 is 1.30 bits per heavy atom. The minimum absolute atomic E-state index is 0.151. The summed E-state index contributed by atoms with van der Waals surface area (Å²) in [6.07, 6.45) is -1.01. The maximum atomic E-state index is 12.2. The van der Waals surface area contributed by atoms with Crippen molar-refractivity contribution in [1.82, 2.24) is 9.78 Å². The Bertz CT molecular complexity index is 712. The molecule has 0 amide bonds.